The molecule has 0 fully saturated rings. The first-order valence-corrected chi connectivity index (χ1v) is 6.34. The quantitative estimate of drug-likeness (QED) is 0.830. The van der Waals surface area contributed by atoms with Gasteiger partial charge in [-0.25, -0.2) is 9.97 Å². The van der Waals surface area contributed by atoms with Crippen molar-refractivity contribution in [2.75, 3.05) is 51.5 Å². The van der Waals surface area contributed by atoms with Crippen LogP contribution in [0.2, 0.25) is 0 Å². The first-order chi connectivity index (χ1) is 8.45. The molecule has 1 N–H and O–H groups in total. The number of aromatic nitrogens is 2. The molecule has 0 unspecified atom stereocenters. The lowest BCUT2D eigenvalue weighted by Crippen LogP contribution is -2.25. The van der Waals surface area contributed by atoms with Crippen LogP contribution < -0.4 is 10.2 Å². The van der Waals surface area contributed by atoms with Crippen LogP contribution in [0.4, 0.5) is 11.6 Å². The second kappa shape index (κ2) is 6.54. The average molecular weight is 251 g/mol. The molecule has 0 atom stereocenters. The highest BCUT2D eigenvalue weighted by Crippen LogP contribution is 2.22. The van der Waals surface area contributed by atoms with Gasteiger partial charge >= 0.3 is 0 Å². The van der Waals surface area contributed by atoms with Gasteiger partial charge < -0.3 is 15.1 Å². The van der Waals surface area contributed by atoms with Crippen LogP contribution in [-0.2, 0) is 0 Å². The molecule has 0 aliphatic carbocycles. The first kappa shape index (κ1) is 14.7. The van der Waals surface area contributed by atoms with Gasteiger partial charge in [-0.2, -0.15) is 0 Å². The summed E-state index contributed by atoms with van der Waals surface area (Å²) in [4.78, 5) is 13.3. The third-order valence-corrected chi connectivity index (χ3v) is 2.93. The zero-order valence-corrected chi connectivity index (χ0v) is 12.4. The highest BCUT2D eigenvalue weighted by atomic mass is 15.2. The third kappa shape index (κ3) is 3.84. The molecule has 1 rings (SSSR count). The molecule has 0 aliphatic heterocycles. The number of aryl methyl sites for hydroxylation is 1. The van der Waals surface area contributed by atoms with Crippen LogP contribution in [0.25, 0.3) is 0 Å². The van der Waals surface area contributed by atoms with E-state index in [4.69, 9.17) is 0 Å². The Kier molecular flexibility index (Phi) is 5.34. The monoisotopic (exact) mass is 251 g/mol. The fourth-order valence-electron chi connectivity index (χ4n) is 1.96. The molecule has 1 heterocycles. The number of nitrogens with zero attached hydrogens (tertiary/aromatic N) is 4. The lowest BCUT2D eigenvalue weighted by molar-refractivity contribution is 0.401. The molecule has 5 heteroatoms. The summed E-state index contributed by atoms with van der Waals surface area (Å²) < 4.78 is 0. The molecule has 0 bridgehead atoms. The number of hydrogen-bond donors (Lipinski definition) is 1. The summed E-state index contributed by atoms with van der Waals surface area (Å²) in [5.41, 5.74) is 1.11. The summed E-state index contributed by atoms with van der Waals surface area (Å²) in [5.74, 6) is 2.74. The summed E-state index contributed by atoms with van der Waals surface area (Å²) in [7, 11) is 8.17. The third-order valence-electron chi connectivity index (χ3n) is 2.93. The lowest BCUT2D eigenvalue weighted by atomic mass is 10.2. The van der Waals surface area contributed by atoms with Crippen molar-refractivity contribution in [1.29, 1.82) is 0 Å². The Bertz CT molecular complexity index is 389. The minimum atomic E-state index is 0.805. The van der Waals surface area contributed by atoms with Crippen molar-refractivity contribution in [3.63, 3.8) is 0 Å². The molecule has 1 aromatic rings. The maximum atomic E-state index is 4.54. The molecular formula is C13H25N5. The normalized spacial score (nSPS) is 10.8. The maximum absolute atomic E-state index is 4.54. The first-order valence-electron chi connectivity index (χ1n) is 6.34. The second-order valence-corrected chi connectivity index (χ2v) is 4.90. The molecular weight excluding hydrogens is 226 g/mol. The summed E-state index contributed by atoms with van der Waals surface area (Å²) in [5, 5.41) is 3.12. The molecule has 0 saturated carbocycles. The van der Waals surface area contributed by atoms with E-state index in [2.05, 4.69) is 53.2 Å². The Hall–Kier alpha value is -1.36. The molecule has 0 amide bonds. The predicted molar refractivity (Wildman–Crippen MR) is 77.5 cm³/mol. The van der Waals surface area contributed by atoms with Gasteiger partial charge in [0.25, 0.3) is 0 Å². The lowest BCUT2D eigenvalue weighted by Gasteiger charge is -2.22. The SMILES string of the molecule is CNc1nc(C)nc(N(C)CCCN(C)C)c1C. The molecule has 1 aromatic heterocycles. The number of rotatable bonds is 6. The van der Waals surface area contributed by atoms with E-state index in [1.807, 2.05) is 14.0 Å². The maximum Gasteiger partial charge on any atom is 0.137 e. The minimum Gasteiger partial charge on any atom is -0.373 e. The van der Waals surface area contributed by atoms with Crippen molar-refractivity contribution < 1.29 is 0 Å². The van der Waals surface area contributed by atoms with Crippen LogP contribution in [0.5, 0.6) is 0 Å². The molecule has 0 aliphatic rings. The Labute approximate surface area is 110 Å². The van der Waals surface area contributed by atoms with E-state index in [-0.39, 0.29) is 0 Å². The van der Waals surface area contributed by atoms with Gasteiger partial charge in [-0.05, 0) is 40.9 Å². The standard InChI is InChI=1S/C13H25N5/c1-10-12(14-3)15-11(2)16-13(10)18(6)9-7-8-17(4)5/h7-9H2,1-6H3,(H,14,15,16). The van der Waals surface area contributed by atoms with Crippen molar-refractivity contribution in [3.8, 4) is 0 Å². The van der Waals surface area contributed by atoms with Gasteiger partial charge in [-0.3, -0.25) is 0 Å². The molecule has 102 valence electrons. The van der Waals surface area contributed by atoms with Crippen LogP contribution in [-0.4, -0.2) is 56.1 Å². The zero-order chi connectivity index (χ0) is 13.7. The van der Waals surface area contributed by atoms with Gasteiger partial charge in [0, 0.05) is 26.2 Å². The highest BCUT2D eigenvalue weighted by molar-refractivity contribution is 5.57. The Morgan fingerprint density at radius 3 is 2.28 bits per heavy atom. The number of anilines is 2. The van der Waals surface area contributed by atoms with Crippen LogP contribution in [0.3, 0.4) is 0 Å². The molecule has 0 radical (unpaired) electrons. The molecule has 0 aromatic carbocycles. The Morgan fingerprint density at radius 1 is 1.06 bits per heavy atom. The van der Waals surface area contributed by atoms with Crippen molar-refractivity contribution >= 4 is 11.6 Å². The largest absolute Gasteiger partial charge is 0.373 e. The van der Waals surface area contributed by atoms with E-state index in [0.29, 0.717) is 0 Å². The Morgan fingerprint density at radius 2 is 1.72 bits per heavy atom. The van der Waals surface area contributed by atoms with E-state index in [1.54, 1.807) is 0 Å². The Balaban J connectivity index is 2.78. The summed E-state index contributed by atoms with van der Waals surface area (Å²) in [6, 6.07) is 0. The average Bonchev–Trinajstić information content (AvgIpc) is 2.30. The molecule has 18 heavy (non-hydrogen) atoms. The van der Waals surface area contributed by atoms with Crippen LogP contribution in [0, 0.1) is 13.8 Å². The summed E-state index contributed by atoms with van der Waals surface area (Å²) in [6.07, 6.45) is 1.13. The van der Waals surface area contributed by atoms with Gasteiger partial charge in [0.05, 0.1) is 0 Å². The van der Waals surface area contributed by atoms with E-state index >= 15 is 0 Å². The minimum absolute atomic E-state index is 0.805. The van der Waals surface area contributed by atoms with Crippen LogP contribution >= 0.6 is 0 Å². The molecule has 0 saturated heterocycles. The summed E-state index contributed by atoms with van der Waals surface area (Å²) >= 11 is 0. The van der Waals surface area contributed by atoms with Crippen molar-refractivity contribution in [3.05, 3.63) is 11.4 Å². The topological polar surface area (TPSA) is 44.3 Å². The smallest absolute Gasteiger partial charge is 0.137 e. The fourth-order valence-corrected chi connectivity index (χ4v) is 1.96. The number of hydrogen-bond acceptors (Lipinski definition) is 5. The van der Waals surface area contributed by atoms with Crippen molar-refractivity contribution in [2.45, 2.75) is 20.3 Å². The second-order valence-electron chi connectivity index (χ2n) is 4.90. The number of nitrogens with one attached hydrogen (secondary N) is 1. The van der Waals surface area contributed by atoms with Gasteiger partial charge in [-0.1, -0.05) is 0 Å². The summed E-state index contributed by atoms with van der Waals surface area (Å²) in [6.45, 7) is 6.07. The van der Waals surface area contributed by atoms with E-state index < -0.39 is 0 Å². The van der Waals surface area contributed by atoms with Gasteiger partial charge in [0.2, 0.25) is 0 Å². The van der Waals surface area contributed by atoms with Crippen molar-refractivity contribution in [2.24, 2.45) is 0 Å². The fraction of sp³-hybridized carbons (Fsp3) is 0.692. The van der Waals surface area contributed by atoms with Crippen molar-refractivity contribution in [1.82, 2.24) is 14.9 Å². The van der Waals surface area contributed by atoms with Crippen LogP contribution in [0.15, 0.2) is 0 Å². The highest BCUT2D eigenvalue weighted by Gasteiger charge is 2.11. The molecule has 0 spiro atoms. The van der Waals surface area contributed by atoms with Gasteiger partial charge in [0.15, 0.2) is 0 Å². The van der Waals surface area contributed by atoms with E-state index in [0.717, 1.165) is 42.5 Å². The van der Waals surface area contributed by atoms with Gasteiger partial charge in [-0.15, -0.1) is 0 Å². The van der Waals surface area contributed by atoms with E-state index in [1.165, 1.54) is 0 Å². The van der Waals surface area contributed by atoms with Crippen LogP contribution in [0.1, 0.15) is 17.8 Å². The predicted octanol–water partition coefficient (Wildman–Crippen LogP) is 1.52. The molecule has 5 nitrogen and oxygen atoms in total. The van der Waals surface area contributed by atoms with E-state index in [9.17, 15) is 0 Å². The zero-order valence-electron chi connectivity index (χ0n) is 12.4. The van der Waals surface area contributed by atoms with Gasteiger partial charge in [0.1, 0.15) is 17.5 Å².